The highest BCUT2D eigenvalue weighted by Crippen LogP contribution is 2.44. The van der Waals surface area contributed by atoms with Crippen molar-refractivity contribution in [1.29, 1.82) is 0 Å². The minimum absolute atomic E-state index is 0.415. The number of hydrogen-bond donors (Lipinski definition) is 2. The summed E-state index contributed by atoms with van der Waals surface area (Å²) in [6, 6.07) is 15.3. The van der Waals surface area contributed by atoms with Gasteiger partial charge in [0.25, 0.3) is 0 Å². The van der Waals surface area contributed by atoms with E-state index in [0.717, 1.165) is 36.8 Å². The fourth-order valence-corrected chi connectivity index (χ4v) is 3.38. The lowest BCUT2D eigenvalue weighted by atomic mass is 9.76. The lowest BCUT2D eigenvalue weighted by Crippen LogP contribution is -2.12. The first-order valence-corrected chi connectivity index (χ1v) is 7.31. The molecule has 0 bridgehead atoms. The van der Waals surface area contributed by atoms with E-state index < -0.39 is 0 Å². The van der Waals surface area contributed by atoms with Gasteiger partial charge in [0.2, 0.25) is 0 Å². The molecule has 1 aliphatic rings. The number of hydrogen-bond acceptors (Lipinski definition) is 2. The van der Waals surface area contributed by atoms with Crippen LogP contribution in [0.1, 0.15) is 48.6 Å². The summed E-state index contributed by atoms with van der Waals surface area (Å²) >= 11 is 0. The summed E-state index contributed by atoms with van der Waals surface area (Å²) in [7, 11) is 0. The van der Waals surface area contributed by atoms with Crippen LogP contribution in [-0.2, 0) is 0 Å². The van der Waals surface area contributed by atoms with Gasteiger partial charge in [-0.25, -0.2) is 0 Å². The zero-order valence-corrected chi connectivity index (χ0v) is 11.5. The van der Waals surface area contributed by atoms with Gasteiger partial charge in [-0.2, -0.15) is 0 Å². The molecule has 0 unspecified atom stereocenters. The number of para-hydroxylation sites is 2. The first kappa shape index (κ1) is 13.0. The van der Waals surface area contributed by atoms with Crippen molar-refractivity contribution in [1.82, 2.24) is 0 Å². The van der Waals surface area contributed by atoms with Crippen LogP contribution in [-0.4, -0.2) is 10.2 Å². The number of aromatic hydroxyl groups is 2. The van der Waals surface area contributed by atoms with Gasteiger partial charge < -0.3 is 10.2 Å². The molecular weight excluding hydrogens is 248 g/mol. The molecule has 0 saturated heterocycles. The highest BCUT2D eigenvalue weighted by Gasteiger charge is 2.26. The molecular formula is C18H20O2. The molecule has 0 spiro atoms. The van der Waals surface area contributed by atoms with Gasteiger partial charge >= 0.3 is 0 Å². The van der Waals surface area contributed by atoms with Crippen LogP contribution in [0.25, 0.3) is 0 Å². The second-order valence-corrected chi connectivity index (χ2v) is 5.67. The Morgan fingerprint density at radius 2 is 0.950 bits per heavy atom. The predicted octanol–water partition coefficient (Wildman–Crippen LogP) is 4.54. The largest absolute Gasteiger partial charge is 0.508 e. The van der Waals surface area contributed by atoms with Crippen molar-refractivity contribution >= 4 is 0 Å². The Labute approximate surface area is 119 Å². The minimum atomic E-state index is 0.415. The summed E-state index contributed by atoms with van der Waals surface area (Å²) in [5, 5.41) is 19.9. The van der Waals surface area contributed by atoms with Crippen molar-refractivity contribution in [3.8, 4) is 11.5 Å². The maximum absolute atomic E-state index is 9.95. The number of phenols is 2. The van der Waals surface area contributed by atoms with Gasteiger partial charge in [0, 0.05) is 0 Å². The van der Waals surface area contributed by atoms with Gasteiger partial charge in [0.15, 0.2) is 0 Å². The number of phenolic OH excluding ortho intramolecular Hbond substituents is 2. The zero-order valence-electron chi connectivity index (χ0n) is 11.5. The first-order chi connectivity index (χ1) is 9.75. The van der Waals surface area contributed by atoms with Gasteiger partial charge in [-0.05, 0) is 60.8 Å². The average Bonchev–Trinajstić information content (AvgIpc) is 2.49. The topological polar surface area (TPSA) is 40.5 Å². The third-order valence-electron chi connectivity index (χ3n) is 4.48. The summed E-state index contributed by atoms with van der Waals surface area (Å²) < 4.78 is 0. The Balaban J connectivity index is 1.72. The lowest BCUT2D eigenvalue weighted by Gasteiger charge is -2.29. The SMILES string of the molecule is Oc1ccccc1C1CCC(c2ccccc2O)CC1. The molecule has 0 radical (unpaired) electrons. The molecule has 1 saturated carbocycles. The van der Waals surface area contributed by atoms with Crippen LogP contribution in [0.2, 0.25) is 0 Å². The summed E-state index contributed by atoms with van der Waals surface area (Å²) in [5.41, 5.74) is 2.14. The summed E-state index contributed by atoms with van der Waals surface area (Å²) in [5.74, 6) is 1.72. The predicted molar refractivity (Wildman–Crippen MR) is 80.2 cm³/mol. The molecule has 0 aliphatic heterocycles. The molecule has 2 N–H and O–H groups in total. The molecule has 0 amide bonds. The molecule has 104 valence electrons. The Kier molecular flexibility index (Phi) is 3.64. The molecule has 1 aliphatic carbocycles. The van der Waals surface area contributed by atoms with E-state index >= 15 is 0 Å². The highest BCUT2D eigenvalue weighted by molar-refractivity contribution is 5.37. The average molecular weight is 268 g/mol. The maximum atomic E-state index is 9.95. The van der Waals surface area contributed by atoms with E-state index in [-0.39, 0.29) is 0 Å². The molecule has 2 aromatic rings. The van der Waals surface area contributed by atoms with E-state index in [1.807, 2.05) is 36.4 Å². The third kappa shape index (κ3) is 2.51. The monoisotopic (exact) mass is 268 g/mol. The van der Waals surface area contributed by atoms with E-state index in [2.05, 4.69) is 0 Å². The second kappa shape index (κ2) is 5.58. The highest BCUT2D eigenvalue weighted by atomic mass is 16.3. The Morgan fingerprint density at radius 3 is 1.30 bits per heavy atom. The van der Waals surface area contributed by atoms with Crippen molar-refractivity contribution in [2.75, 3.05) is 0 Å². The normalized spacial score (nSPS) is 22.6. The van der Waals surface area contributed by atoms with Crippen molar-refractivity contribution in [3.05, 3.63) is 59.7 Å². The molecule has 0 aromatic heterocycles. The van der Waals surface area contributed by atoms with Crippen LogP contribution in [0, 0.1) is 0 Å². The quantitative estimate of drug-likeness (QED) is 0.839. The molecule has 20 heavy (non-hydrogen) atoms. The van der Waals surface area contributed by atoms with Crippen LogP contribution in [0.3, 0.4) is 0 Å². The smallest absolute Gasteiger partial charge is 0.119 e. The van der Waals surface area contributed by atoms with Crippen LogP contribution in [0.15, 0.2) is 48.5 Å². The standard InChI is InChI=1S/C18H20O2/c19-17-7-3-1-5-15(17)13-9-11-14(12-10-13)16-6-2-4-8-18(16)20/h1-8,13-14,19-20H,9-12H2. The maximum Gasteiger partial charge on any atom is 0.119 e. The fourth-order valence-electron chi connectivity index (χ4n) is 3.38. The van der Waals surface area contributed by atoms with Gasteiger partial charge in [0.05, 0.1) is 0 Å². The van der Waals surface area contributed by atoms with Crippen molar-refractivity contribution in [2.24, 2.45) is 0 Å². The van der Waals surface area contributed by atoms with E-state index in [1.165, 1.54) is 0 Å². The Hall–Kier alpha value is -1.96. The molecule has 2 heteroatoms. The van der Waals surface area contributed by atoms with E-state index in [4.69, 9.17) is 0 Å². The van der Waals surface area contributed by atoms with Crippen molar-refractivity contribution in [2.45, 2.75) is 37.5 Å². The van der Waals surface area contributed by atoms with E-state index in [9.17, 15) is 10.2 Å². The third-order valence-corrected chi connectivity index (χ3v) is 4.48. The summed E-state index contributed by atoms with van der Waals surface area (Å²) in [6.07, 6.45) is 4.26. The van der Waals surface area contributed by atoms with Crippen LogP contribution in [0.4, 0.5) is 0 Å². The molecule has 2 nitrogen and oxygen atoms in total. The second-order valence-electron chi connectivity index (χ2n) is 5.67. The fraction of sp³-hybridized carbons (Fsp3) is 0.333. The number of benzene rings is 2. The molecule has 3 rings (SSSR count). The molecule has 0 atom stereocenters. The summed E-state index contributed by atoms with van der Waals surface area (Å²) in [6.45, 7) is 0. The molecule has 2 aromatic carbocycles. The Bertz CT molecular complexity index is 530. The van der Waals surface area contributed by atoms with E-state index in [0.29, 0.717) is 23.3 Å². The molecule has 0 heterocycles. The van der Waals surface area contributed by atoms with Crippen LogP contribution >= 0.6 is 0 Å². The van der Waals surface area contributed by atoms with Crippen molar-refractivity contribution in [3.63, 3.8) is 0 Å². The lowest BCUT2D eigenvalue weighted by molar-refractivity contribution is 0.371. The van der Waals surface area contributed by atoms with Gasteiger partial charge in [-0.3, -0.25) is 0 Å². The number of rotatable bonds is 2. The van der Waals surface area contributed by atoms with Gasteiger partial charge in [-0.15, -0.1) is 0 Å². The first-order valence-electron chi connectivity index (χ1n) is 7.31. The zero-order chi connectivity index (χ0) is 13.9. The van der Waals surface area contributed by atoms with Gasteiger partial charge in [-0.1, -0.05) is 36.4 Å². The Morgan fingerprint density at radius 1 is 0.600 bits per heavy atom. The van der Waals surface area contributed by atoms with Crippen molar-refractivity contribution < 1.29 is 10.2 Å². The van der Waals surface area contributed by atoms with Crippen LogP contribution in [0.5, 0.6) is 11.5 Å². The summed E-state index contributed by atoms with van der Waals surface area (Å²) in [4.78, 5) is 0. The minimum Gasteiger partial charge on any atom is -0.508 e. The van der Waals surface area contributed by atoms with Crippen LogP contribution < -0.4 is 0 Å². The molecule has 1 fully saturated rings. The van der Waals surface area contributed by atoms with Gasteiger partial charge in [0.1, 0.15) is 11.5 Å². The van der Waals surface area contributed by atoms with E-state index in [1.54, 1.807) is 12.1 Å².